The summed E-state index contributed by atoms with van der Waals surface area (Å²) in [6.45, 7) is 0. The maximum atomic E-state index is 6.64. The van der Waals surface area contributed by atoms with Crippen LogP contribution in [0.4, 0.5) is 0 Å². The Balaban J connectivity index is 1.21. The van der Waals surface area contributed by atoms with Gasteiger partial charge in [0.2, 0.25) is 0 Å². The summed E-state index contributed by atoms with van der Waals surface area (Å²) >= 11 is 1.80. The van der Waals surface area contributed by atoms with E-state index in [1.807, 2.05) is 42.5 Å². The Morgan fingerprint density at radius 3 is 1.90 bits per heavy atom. The van der Waals surface area contributed by atoms with Gasteiger partial charge in [-0.3, -0.25) is 0 Å². The lowest BCUT2D eigenvalue weighted by Crippen LogP contribution is -2.00. The quantitative estimate of drug-likeness (QED) is 0.194. The molecule has 5 heteroatoms. The van der Waals surface area contributed by atoms with E-state index in [4.69, 9.17) is 19.4 Å². The second-order valence-corrected chi connectivity index (χ2v) is 13.0. The first-order valence-electron chi connectivity index (χ1n) is 15.9. The summed E-state index contributed by atoms with van der Waals surface area (Å²) in [5.41, 5.74) is 6.68. The largest absolute Gasteiger partial charge is 0.455 e. The Kier molecular flexibility index (Phi) is 6.01. The number of benzene rings is 7. The van der Waals surface area contributed by atoms with Gasteiger partial charge in [-0.05, 0) is 40.1 Å². The van der Waals surface area contributed by atoms with E-state index in [-0.39, 0.29) is 0 Å². The van der Waals surface area contributed by atoms with E-state index >= 15 is 0 Å². The average molecular weight is 632 g/mol. The number of thiophene rings is 1. The van der Waals surface area contributed by atoms with Gasteiger partial charge in [0, 0.05) is 42.1 Å². The molecule has 0 radical (unpaired) electrons. The van der Waals surface area contributed by atoms with Crippen LogP contribution in [0, 0.1) is 0 Å². The first kappa shape index (κ1) is 27.0. The minimum absolute atomic E-state index is 0.582. The van der Waals surface area contributed by atoms with E-state index in [0.29, 0.717) is 17.5 Å². The summed E-state index contributed by atoms with van der Waals surface area (Å²) in [4.78, 5) is 15.3. The molecule has 48 heavy (non-hydrogen) atoms. The minimum atomic E-state index is 0.582. The highest BCUT2D eigenvalue weighted by Crippen LogP contribution is 2.46. The molecular formula is C43H25N3OS. The number of hydrogen-bond acceptors (Lipinski definition) is 5. The molecule has 0 aliphatic heterocycles. The zero-order valence-electron chi connectivity index (χ0n) is 25.6. The van der Waals surface area contributed by atoms with Crippen molar-refractivity contribution in [3.63, 3.8) is 0 Å². The number of fused-ring (bicyclic) bond motifs is 8. The molecule has 0 aliphatic rings. The molecule has 0 fully saturated rings. The van der Waals surface area contributed by atoms with Crippen LogP contribution in [0.5, 0.6) is 0 Å². The van der Waals surface area contributed by atoms with E-state index in [0.717, 1.165) is 44.2 Å². The third kappa shape index (κ3) is 4.25. The van der Waals surface area contributed by atoms with Gasteiger partial charge in [-0.25, -0.2) is 15.0 Å². The van der Waals surface area contributed by atoms with Gasteiger partial charge >= 0.3 is 0 Å². The molecule has 0 unspecified atom stereocenters. The third-order valence-corrected chi connectivity index (χ3v) is 10.3. The number of furan rings is 1. The van der Waals surface area contributed by atoms with E-state index in [1.54, 1.807) is 11.3 Å². The van der Waals surface area contributed by atoms with Gasteiger partial charge in [0.15, 0.2) is 17.5 Å². The highest BCUT2D eigenvalue weighted by atomic mass is 32.1. The van der Waals surface area contributed by atoms with Crippen molar-refractivity contribution in [1.82, 2.24) is 15.0 Å². The SMILES string of the molecule is c1ccc(-c2nc(-c3ccc(-c4cccc5ccccc45)cc3)nc(-c3cc4c5ccccc5sc4c4c3oc3ccccc34)n2)cc1. The fraction of sp³-hybridized carbons (Fsp3) is 0. The summed E-state index contributed by atoms with van der Waals surface area (Å²) in [7, 11) is 0. The molecule has 0 N–H and O–H groups in total. The van der Waals surface area contributed by atoms with Crippen molar-refractivity contribution in [2.45, 2.75) is 0 Å². The molecule has 0 aliphatic carbocycles. The lowest BCUT2D eigenvalue weighted by molar-refractivity contribution is 0.670. The number of nitrogens with zero attached hydrogens (tertiary/aromatic N) is 3. The maximum absolute atomic E-state index is 6.64. The van der Waals surface area contributed by atoms with Crippen LogP contribution in [0.15, 0.2) is 156 Å². The van der Waals surface area contributed by atoms with Crippen molar-refractivity contribution in [1.29, 1.82) is 0 Å². The van der Waals surface area contributed by atoms with Crippen molar-refractivity contribution in [2.75, 3.05) is 0 Å². The first-order valence-corrected chi connectivity index (χ1v) is 16.8. The van der Waals surface area contributed by atoms with Gasteiger partial charge in [-0.15, -0.1) is 11.3 Å². The summed E-state index contributed by atoms with van der Waals surface area (Å²) < 4.78 is 9.09. The number of hydrogen-bond donors (Lipinski definition) is 0. The van der Waals surface area contributed by atoms with Crippen molar-refractivity contribution in [3.05, 3.63) is 152 Å². The normalized spacial score (nSPS) is 11.8. The van der Waals surface area contributed by atoms with Crippen LogP contribution in [-0.2, 0) is 0 Å². The van der Waals surface area contributed by atoms with Crippen LogP contribution in [-0.4, -0.2) is 15.0 Å². The number of rotatable bonds is 4. The number of para-hydroxylation sites is 1. The molecule has 0 bridgehead atoms. The van der Waals surface area contributed by atoms with Gasteiger partial charge in [-0.2, -0.15) is 0 Å². The van der Waals surface area contributed by atoms with Crippen LogP contribution in [0.3, 0.4) is 0 Å². The molecule has 0 saturated heterocycles. The summed E-state index contributed by atoms with van der Waals surface area (Å²) in [5, 5.41) is 7.03. The lowest BCUT2D eigenvalue weighted by atomic mass is 9.97. The summed E-state index contributed by atoms with van der Waals surface area (Å²) in [6.07, 6.45) is 0. The molecule has 0 spiro atoms. The molecule has 3 aromatic heterocycles. The molecule has 4 nitrogen and oxygen atoms in total. The summed E-state index contributed by atoms with van der Waals surface area (Å²) in [6, 6.07) is 52.6. The second-order valence-electron chi connectivity index (χ2n) is 12.0. The molecule has 10 aromatic rings. The average Bonchev–Trinajstić information content (AvgIpc) is 3.73. The second kappa shape index (κ2) is 10.7. The van der Waals surface area contributed by atoms with E-state index in [9.17, 15) is 0 Å². The fourth-order valence-electron chi connectivity index (χ4n) is 6.85. The van der Waals surface area contributed by atoms with Crippen molar-refractivity contribution >= 4 is 64.2 Å². The van der Waals surface area contributed by atoms with Gasteiger partial charge in [0.25, 0.3) is 0 Å². The highest BCUT2D eigenvalue weighted by Gasteiger charge is 2.22. The highest BCUT2D eigenvalue weighted by molar-refractivity contribution is 7.26. The maximum Gasteiger partial charge on any atom is 0.167 e. The Bertz CT molecular complexity index is 2830. The minimum Gasteiger partial charge on any atom is -0.455 e. The van der Waals surface area contributed by atoms with Crippen LogP contribution in [0.2, 0.25) is 0 Å². The van der Waals surface area contributed by atoms with Gasteiger partial charge < -0.3 is 4.42 Å². The summed E-state index contributed by atoms with van der Waals surface area (Å²) in [5.74, 6) is 1.81. The molecule has 0 atom stereocenters. The Morgan fingerprint density at radius 2 is 1.06 bits per heavy atom. The van der Waals surface area contributed by atoms with Crippen LogP contribution in [0.1, 0.15) is 0 Å². The predicted molar refractivity (Wildman–Crippen MR) is 199 cm³/mol. The predicted octanol–water partition coefficient (Wildman–Crippen LogP) is 12.0. The van der Waals surface area contributed by atoms with Crippen LogP contribution >= 0.6 is 11.3 Å². The molecule has 0 amide bonds. The Hall–Kier alpha value is -6.17. The van der Waals surface area contributed by atoms with Crippen molar-refractivity contribution in [2.24, 2.45) is 0 Å². The third-order valence-electron chi connectivity index (χ3n) is 9.14. The van der Waals surface area contributed by atoms with Crippen molar-refractivity contribution < 1.29 is 4.42 Å². The fourth-order valence-corrected chi connectivity index (χ4v) is 8.09. The molecule has 7 aromatic carbocycles. The Labute approximate surface area is 279 Å². The van der Waals surface area contributed by atoms with Gasteiger partial charge in [0.1, 0.15) is 11.2 Å². The van der Waals surface area contributed by atoms with Gasteiger partial charge in [0.05, 0.1) is 5.56 Å². The standard InChI is InChI=1S/C43H25N3OS/c1-2-12-28(13-3-1)41-44-42(29-23-21-27(22-24-29)31-18-10-14-26-11-4-5-15-30(26)31)46-43(45-41)35-25-34-32-16-7-9-20-37(32)48-40(34)38-33-17-6-8-19-36(33)47-39(35)38/h1-25H. The zero-order chi connectivity index (χ0) is 31.6. The van der Waals surface area contributed by atoms with Crippen molar-refractivity contribution in [3.8, 4) is 45.3 Å². The molecular weight excluding hydrogens is 607 g/mol. The monoisotopic (exact) mass is 631 g/mol. The van der Waals surface area contributed by atoms with E-state index in [1.165, 1.54) is 36.5 Å². The zero-order valence-corrected chi connectivity index (χ0v) is 26.4. The Morgan fingerprint density at radius 1 is 0.438 bits per heavy atom. The molecule has 224 valence electrons. The molecule has 0 saturated carbocycles. The van der Waals surface area contributed by atoms with Gasteiger partial charge in [-0.1, -0.05) is 133 Å². The number of aromatic nitrogens is 3. The van der Waals surface area contributed by atoms with E-state index in [2.05, 4.69) is 109 Å². The molecule has 3 heterocycles. The van der Waals surface area contributed by atoms with E-state index < -0.39 is 0 Å². The molecule has 10 rings (SSSR count). The topological polar surface area (TPSA) is 51.8 Å². The first-order chi connectivity index (χ1) is 23.8. The van der Waals surface area contributed by atoms with Crippen LogP contribution < -0.4 is 0 Å². The lowest BCUT2D eigenvalue weighted by Gasteiger charge is -2.11. The smallest absolute Gasteiger partial charge is 0.167 e. The van der Waals surface area contributed by atoms with Crippen LogP contribution in [0.25, 0.3) is 98.2 Å².